The molecular formula is C13H17BrFNO. The topological polar surface area (TPSA) is 29.1 Å². The van der Waals surface area contributed by atoms with E-state index in [1.54, 1.807) is 12.1 Å². The SMILES string of the molecule is CC(NC(=O)C(Br)C(C)C)c1cccc(F)c1. The molecule has 0 aromatic heterocycles. The van der Waals surface area contributed by atoms with Crippen molar-refractivity contribution in [2.24, 2.45) is 5.92 Å². The molecule has 2 nitrogen and oxygen atoms in total. The Morgan fingerprint density at radius 1 is 1.35 bits per heavy atom. The predicted octanol–water partition coefficient (Wildman–Crippen LogP) is 3.42. The van der Waals surface area contributed by atoms with Crippen LogP contribution in [0.3, 0.4) is 0 Å². The van der Waals surface area contributed by atoms with Crippen LogP contribution in [-0.4, -0.2) is 10.7 Å². The quantitative estimate of drug-likeness (QED) is 0.848. The highest BCUT2D eigenvalue weighted by Crippen LogP contribution is 2.17. The van der Waals surface area contributed by atoms with E-state index in [0.29, 0.717) is 0 Å². The summed E-state index contributed by atoms with van der Waals surface area (Å²) >= 11 is 3.34. The summed E-state index contributed by atoms with van der Waals surface area (Å²) in [5, 5.41) is 2.85. The molecule has 2 atom stereocenters. The van der Waals surface area contributed by atoms with Gasteiger partial charge in [-0.2, -0.15) is 0 Å². The lowest BCUT2D eigenvalue weighted by molar-refractivity contribution is -0.121. The Balaban J connectivity index is 2.66. The van der Waals surface area contributed by atoms with Crippen molar-refractivity contribution < 1.29 is 9.18 Å². The van der Waals surface area contributed by atoms with Gasteiger partial charge in [0.25, 0.3) is 0 Å². The smallest absolute Gasteiger partial charge is 0.234 e. The van der Waals surface area contributed by atoms with Crippen LogP contribution in [0.25, 0.3) is 0 Å². The monoisotopic (exact) mass is 301 g/mol. The third kappa shape index (κ3) is 4.11. The first kappa shape index (κ1) is 14.2. The Morgan fingerprint density at radius 2 is 2.00 bits per heavy atom. The molecule has 0 spiro atoms. The molecule has 0 saturated carbocycles. The Bertz CT molecular complexity index is 395. The normalized spacial score (nSPS) is 14.5. The van der Waals surface area contributed by atoms with Crippen molar-refractivity contribution in [2.75, 3.05) is 0 Å². The van der Waals surface area contributed by atoms with Gasteiger partial charge in [-0.25, -0.2) is 4.39 Å². The Kier molecular flexibility index (Phi) is 5.12. The molecule has 0 bridgehead atoms. The van der Waals surface area contributed by atoms with Gasteiger partial charge < -0.3 is 5.32 Å². The third-order valence-corrected chi connectivity index (χ3v) is 4.02. The molecule has 1 aromatic carbocycles. The molecule has 1 amide bonds. The van der Waals surface area contributed by atoms with Crippen LogP contribution in [0.4, 0.5) is 4.39 Å². The lowest BCUT2D eigenvalue weighted by Crippen LogP contribution is -2.35. The summed E-state index contributed by atoms with van der Waals surface area (Å²) in [6.07, 6.45) is 0. The summed E-state index contributed by atoms with van der Waals surface area (Å²) in [7, 11) is 0. The minimum Gasteiger partial charge on any atom is -0.349 e. The van der Waals surface area contributed by atoms with E-state index < -0.39 is 0 Å². The first-order valence-corrected chi connectivity index (χ1v) is 6.53. The molecule has 0 heterocycles. The summed E-state index contributed by atoms with van der Waals surface area (Å²) in [6, 6.07) is 6.06. The number of nitrogens with one attached hydrogen (secondary N) is 1. The van der Waals surface area contributed by atoms with Crippen molar-refractivity contribution in [3.05, 3.63) is 35.6 Å². The highest BCUT2D eigenvalue weighted by Gasteiger charge is 2.20. The lowest BCUT2D eigenvalue weighted by atomic mass is 10.1. The summed E-state index contributed by atoms with van der Waals surface area (Å²) in [5.41, 5.74) is 0.766. The molecule has 94 valence electrons. The largest absolute Gasteiger partial charge is 0.349 e. The molecule has 0 aliphatic rings. The second-order valence-electron chi connectivity index (χ2n) is 4.43. The molecule has 2 unspecified atom stereocenters. The maximum Gasteiger partial charge on any atom is 0.234 e. The zero-order chi connectivity index (χ0) is 13.0. The van der Waals surface area contributed by atoms with E-state index in [0.717, 1.165) is 5.56 Å². The summed E-state index contributed by atoms with van der Waals surface area (Å²) in [5.74, 6) is -0.144. The first-order chi connectivity index (χ1) is 7.91. The number of alkyl halides is 1. The number of carbonyl (C=O) groups excluding carboxylic acids is 1. The maximum atomic E-state index is 13.0. The molecule has 4 heteroatoms. The van der Waals surface area contributed by atoms with Crippen molar-refractivity contribution in [1.29, 1.82) is 0 Å². The lowest BCUT2D eigenvalue weighted by Gasteiger charge is -2.19. The van der Waals surface area contributed by atoms with E-state index in [9.17, 15) is 9.18 Å². The number of halogens is 2. The zero-order valence-electron chi connectivity index (χ0n) is 10.2. The van der Waals surface area contributed by atoms with Crippen molar-refractivity contribution >= 4 is 21.8 Å². The average Bonchev–Trinajstić information content (AvgIpc) is 2.27. The minimum atomic E-state index is -0.289. The summed E-state index contributed by atoms with van der Waals surface area (Å²) < 4.78 is 13.0. The van der Waals surface area contributed by atoms with Gasteiger partial charge in [-0.1, -0.05) is 41.9 Å². The van der Waals surface area contributed by atoms with E-state index in [-0.39, 0.29) is 28.5 Å². The Labute approximate surface area is 110 Å². The van der Waals surface area contributed by atoms with Gasteiger partial charge in [-0.15, -0.1) is 0 Å². The average molecular weight is 302 g/mol. The molecule has 0 aliphatic carbocycles. The van der Waals surface area contributed by atoms with Gasteiger partial charge in [-0.3, -0.25) is 4.79 Å². The van der Waals surface area contributed by atoms with Crippen molar-refractivity contribution in [2.45, 2.75) is 31.6 Å². The van der Waals surface area contributed by atoms with Crippen molar-refractivity contribution in [3.8, 4) is 0 Å². The molecule has 1 rings (SSSR count). The Morgan fingerprint density at radius 3 is 2.53 bits per heavy atom. The summed E-state index contributed by atoms with van der Waals surface area (Å²) in [6.45, 7) is 5.77. The molecule has 0 aliphatic heterocycles. The van der Waals surface area contributed by atoms with Crippen molar-refractivity contribution in [1.82, 2.24) is 5.32 Å². The fraction of sp³-hybridized carbons (Fsp3) is 0.462. The predicted molar refractivity (Wildman–Crippen MR) is 70.5 cm³/mol. The molecule has 17 heavy (non-hydrogen) atoms. The van der Waals surface area contributed by atoms with Crippen LogP contribution >= 0.6 is 15.9 Å². The number of hydrogen-bond donors (Lipinski definition) is 1. The Hall–Kier alpha value is -0.900. The number of benzene rings is 1. The second kappa shape index (κ2) is 6.15. The second-order valence-corrected chi connectivity index (χ2v) is 5.42. The molecule has 0 radical (unpaired) electrons. The van der Waals surface area contributed by atoms with Crippen LogP contribution in [0.2, 0.25) is 0 Å². The van der Waals surface area contributed by atoms with E-state index >= 15 is 0 Å². The first-order valence-electron chi connectivity index (χ1n) is 5.61. The fourth-order valence-electron chi connectivity index (χ4n) is 1.46. The molecule has 1 N–H and O–H groups in total. The molecule has 0 fully saturated rings. The van der Waals surface area contributed by atoms with Gasteiger partial charge in [-0.05, 0) is 30.5 Å². The summed E-state index contributed by atoms with van der Waals surface area (Å²) in [4.78, 5) is 11.6. The maximum absolute atomic E-state index is 13.0. The van der Waals surface area contributed by atoms with Gasteiger partial charge in [0.2, 0.25) is 5.91 Å². The fourth-order valence-corrected chi connectivity index (χ4v) is 1.59. The van der Waals surface area contributed by atoms with Crippen LogP contribution in [0.15, 0.2) is 24.3 Å². The van der Waals surface area contributed by atoms with Crippen LogP contribution in [0, 0.1) is 11.7 Å². The van der Waals surface area contributed by atoms with Crippen LogP contribution in [-0.2, 0) is 4.79 Å². The van der Waals surface area contributed by atoms with Gasteiger partial charge in [0.15, 0.2) is 0 Å². The highest BCUT2D eigenvalue weighted by molar-refractivity contribution is 9.10. The molecular weight excluding hydrogens is 285 g/mol. The zero-order valence-corrected chi connectivity index (χ0v) is 11.8. The van der Waals surface area contributed by atoms with Crippen LogP contribution in [0.5, 0.6) is 0 Å². The standard InChI is InChI=1S/C13H17BrFNO/c1-8(2)12(14)13(17)16-9(3)10-5-4-6-11(15)7-10/h4-9,12H,1-3H3,(H,16,17). The van der Waals surface area contributed by atoms with Crippen LogP contribution in [0.1, 0.15) is 32.4 Å². The van der Waals surface area contributed by atoms with E-state index in [4.69, 9.17) is 0 Å². The van der Waals surface area contributed by atoms with E-state index in [2.05, 4.69) is 21.2 Å². The molecule has 0 saturated heterocycles. The van der Waals surface area contributed by atoms with Gasteiger partial charge in [0.1, 0.15) is 5.82 Å². The van der Waals surface area contributed by atoms with E-state index in [1.807, 2.05) is 20.8 Å². The number of hydrogen-bond acceptors (Lipinski definition) is 1. The van der Waals surface area contributed by atoms with Gasteiger partial charge in [0, 0.05) is 0 Å². The number of rotatable bonds is 4. The third-order valence-electron chi connectivity index (χ3n) is 2.54. The van der Waals surface area contributed by atoms with Crippen molar-refractivity contribution in [3.63, 3.8) is 0 Å². The minimum absolute atomic E-state index is 0.0724. The highest BCUT2D eigenvalue weighted by atomic mass is 79.9. The number of carbonyl (C=O) groups is 1. The van der Waals surface area contributed by atoms with Crippen LogP contribution < -0.4 is 5.32 Å². The number of amides is 1. The molecule has 1 aromatic rings. The van der Waals surface area contributed by atoms with Gasteiger partial charge >= 0.3 is 0 Å². The van der Waals surface area contributed by atoms with E-state index in [1.165, 1.54) is 12.1 Å². The van der Waals surface area contributed by atoms with Gasteiger partial charge in [0.05, 0.1) is 10.9 Å².